The Hall–Kier alpha value is -3.50. The minimum atomic E-state index is -0.485. The van der Waals surface area contributed by atoms with E-state index in [1.165, 1.54) is 18.9 Å². The summed E-state index contributed by atoms with van der Waals surface area (Å²) < 4.78 is 17.7. The van der Waals surface area contributed by atoms with E-state index in [1.54, 1.807) is 22.8 Å². The molecule has 2 aromatic carbocycles. The normalized spacial score (nSPS) is 15.5. The summed E-state index contributed by atoms with van der Waals surface area (Å²) >= 11 is 1.33. The van der Waals surface area contributed by atoms with Crippen LogP contribution in [0.5, 0.6) is 0 Å². The van der Waals surface area contributed by atoms with E-state index in [0.717, 1.165) is 24.0 Å². The second kappa shape index (κ2) is 10.0. The Morgan fingerprint density at radius 3 is 2.77 bits per heavy atom. The molecule has 1 aliphatic heterocycles. The Morgan fingerprint density at radius 1 is 1.20 bits per heavy atom. The number of carbonyl (C=O) groups excluding carboxylic acids is 1. The first-order chi connectivity index (χ1) is 17.0. The van der Waals surface area contributed by atoms with Crippen LogP contribution in [0.2, 0.25) is 0 Å². The molecule has 1 saturated heterocycles. The average Bonchev–Trinajstić information content (AvgIpc) is 3.57. The molecule has 0 spiro atoms. The lowest BCUT2D eigenvalue weighted by Gasteiger charge is -2.16. The minimum absolute atomic E-state index is 0.0443. The number of benzene rings is 2. The summed E-state index contributed by atoms with van der Waals surface area (Å²) in [5.41, 5.74) is 2.59. The maximum absolute atomic E-state index is 13.4. The quantitative estimate of drug-likeness (QED) is 0.215. The molecule has 0 bridgehead atoms. The number of esters is 1. The number of fused-ring (bicyclic) bond motifs is 1. The van der Waals surface area contributed by atoms with Crippen LogP contribution in [-0.4, -0.2) is 45.5 Å². The maximum Gasteiger partial charge on any atom is 0.337 e. The van der Waals surface area contributed by atoms with Gasteiger partial charge < -0.3 is 14.0 Å². The van der Waals surface area contributed by atoms with E-state index in [9.17, 15) is 9.59 Å². The Morgan fingerprint density at radius 2 is 2.03 bits per heavy atom. The van der Waals surface area contributed by atoms with Gasteiger partial charge in [0.05, 0.1) is 42.0 Å². The van der Waals surface area contributed by atoms with Crippen LogP contribution in [0.3, 0.4) is 0 Å². The summed E-state index contributed by atoms with van der Waals surface area (Å²) in [7, 11) is 1.32. The van der Waals surface area contributed by atoms with Crippen molar-refractivity contribution < 1.29 is 18.8 Å². The third kappa shape index (κ3) is 4.98. The molecule has 9 nitrogen and oxygen atoms in total. The molecule has 10 heteroatoms. The highest BCUT2D eigenvalue weighted by atomic mass is 32.2. The van der Waals surface area contributed by atoms with Gasteiger partial charge in [-0.2, -0.15) is 4.98 Å². The maximum atomic E-state index is 13.4. The number of hydrogen-bond acceptors (Lipinski definition) is 9. The smallest absolute Gasteiger partial charge is 0.337 e. The predicted octanol–water partition coefficient (Wildman–Crippen LogP) is 4.01. The van der Waals surface area contributed by atoms with E-state index >= 15 is 0 Å². The highest BCUT2D eigenvalue weighted by Crippen LogP contribution is 2.25. The molecule has 4 aromatic rings. The number of carbonyl (C=O) groups is 1. The molecule has 1 unspecified atom stereocenters. The number of thioether (sulfide) groups is 1. The highest BCUT2D eigenvalue weighted by Gasteiger charge is 2.21. The van der Waals surface area contributed by atoms with Crippen molar-refractivity contribution >= 4 is 28.6 Å². The first-order valence-electron chi connectivity index (χ1n) is 11.3. The van der Waals surface area contributed by atoms with E-state index in [1.807, 2.05) is 31.2 Å². The van der Waals surface area contributed by atoms with Crippen molar-refractivity contribution in [3.8, 4) is 11.4 Å². The second-order valence-corrected chi connectivity index (χ2v) is 9.28. The number of methoxy groups -OCH3 is 1. The van der Waals surface area contributed by atoms with Crippen molar-refractivity contribution in [1.29, 1.82) is 0 Å². The van der Waals surface area contributed by atoms with Gasteiger partial charge in [0.2, 0.25) is 11.7 Å². The second-order valence-electron chi connectivity index (χ2n) is 8.34. The van der Waals surface area contributed by atoms with Crippen LogP contribution in [0, 0.1) is 6.92 Å². The van der Waals surface area contributed by atoms with Gasteiger partial charge in [-0.15, -0.1) is 0 Å². The standard InChI is InChI=1S/C25H24N4O5S/c1-15-5-7-16(8-6-15)22-27-21(34-28-22)14-35-25-26-20-12-17(24(31)32-2)9-10-19(20)23(30)29(25)13-18-4-3-11-33-18/h5-10,12,18H,3-4,11,13-14H2,1-2H3. The zero-order valence-electron chi connectivity index (χ0n) is 19.4. The Labute approximate surface area is 205 Å². The molecule has 1 atom stereocenters. The first-order valence-corrected chi connectivity index (χ1v) is 12.3. The third-order valence-electron chi connectivity index (χ3n) is 5.85. The average molecular weight is 493 g/mol. The molecule has 180 valence electrons. The number of hydrogen-bond donors (Lipinski definition) is 0. The van der Waals surface area contributed by atoms with Crippen molar-refractivity contribution in [2.75, 3.05) is 13.7 Å². The van der Waals surface area contributed by atoms with Gasteiger partial charge >= 0.3 is 5.97 Å². The lowest BCUT2D eigenvalue weighted by molar-refractivity contribution is 0.0601. The Bertz CT molecular complexity index is 1420. The number of aryl methyl sites for hydroxylation is 1. The molecule has 0 saturated carbocycles. The molecular formula is C25H24N4O5S. The minimum Gasteiger partial charge on any atom is -0.465 e. The van der Waals surface area contributed by atoms with Crippen LogP contribution >= 0.6 is 11.8 Å². The van der Waals surface area contributed by atoms with E-state index in [0.29, 0.717) is 52.2 Å². The molecule has 35 heavy (non-hydrogen) atoms. The number of nitrogens with zero attached hydrogens (tertiary/aromatic N) is 4. The summed E-state index contributed by atoms with van der Waals surface area (Å²) in [6.07, 6.45) is 1.81. The number of ether oxygens (including phenoxy) is 2. The molecular weight excluding hydrogens is 468 g/mol. The highest BCUT2D eigenvalue weighted by molar-refractivity contribution is 7.98. The van der Waals surface area contributed by atoms with Crippen molar-refractivity contribution in [1.82, 2.24) is 19.7 Å². The molecule has 2 aromatic heterocycles. The summed E-state index contributed by atoms with van der Waals surface area (Å²) in [5.74, 6) is 0.776. The summed E-state index contributed by atoms with van der Waals surface area (Å²) in [5, 5.41) is 5.01. The van der Waals surface area contributed by atoms with Crippen LogP contribution in [0.15, 0.2) is 56.9 Å². The van der Waals surface area contributed by atoms with Crippen molar-refractivity contribution in [3.05, 3.63) is 69.8 Å². The molecule has 0 aliphatic carbocycles. The van der Waals surface area contributed by atoms with E-state index in [2.05, 4.69) is 10.1 Å². The van der Waals surface area contributed by atoms with Gasteiger partial charge in [0.25, 0.3) is 5.56 Å². The molecule has 0 amide bonds. The number of rotatable bonds is 7. The lowest BCUT2D eigenvalue weighted by atomic mass is 10.1. The van der Waals surface area contributed by atoms with Gasteiger partial charge in [-0.25, -0.2) is 9.78 Å². The SMILES string of the molecule is COC(=O)c1ccc2c(=O)n(CC3CCCO3)c(SCc3nc(-c4ccc(C)cc4)no3)nc2c1. The van der Waals surface area contributed by atoms with E-state index in [-0.39, 0.29) is 11.7 Å². The largest absolute Gasteiger partial charge is 0.465 e. The fraction of sp³-hybridized carbons (Fsp3) is 0.320. The van der Waals surface area contributed by atoms with Crippen LogP contribution in [0.25, 0.3) is 22.3 Å². The Balaban J connectivity index is 1.46. The molecule has 0 radical (unpaired) electrons. The summed E-state index contributed by atoms with van der Waals surface area (Å²) in [4.78, 5) is 34.6. The molecule has 3 heterocycles. The van der Waals surface area contributed by atoms with Crippen LogP contribution < -0.4 is 5.56 Å². The molecule has 1 fully saturated rings. The van der Waals surface area contributed by atoms with Crippen LogP contribution in [0.1, 0.15) is 34.7 Å². The van der Waals surface area contributed by atoms with Gasteiger partial charge in [-0.05, 0) is 38.0 Å². The van der Waals surface area contributed by atoms with Gasteiger partial charge in [0.1, 0.15) is 0 Å². The van der Waals surface area contributed by atoms with E-state index in [4.69, 9.17) is 19.0 Å². The van der Waals surface area contributed by atoms with Gasteiger partial charge in [0.15, 0.2) is 5.16 Å². The van der Waals surface area contributed by atoms with Gasteiger partial charge in [0, 0.05) is 12.2 Å². The molecule has 1 aliphatic rings. The Kier molecular flexibility index (Phi) is 6.65. The topological polar surface area (TPSA) is 109 Å². The van der Waals surface area contributed by atoms with Crippen molar-refractivity contribution in [2.24, 2.45) is 0 Å². The fourth-order valence-electron chi connectivity index (χ4n) is 3.97. The van der Waals surface area contributed by atoms with Crippen molar-refractivity contribution in [2.45, 2.75) is 43.3 Å². The first kappa shape index (κ1) is 23.3. The fourth-order valence-corrected chi connectivity index (χ4v) is 4.81. The lowest BCUT2D eigenvalue weighted by Crippen LogP contribution is -2.29. The molecule has 0 N–H and O–H groups in total. The predicted molar refractivity (Wildman–Crippen MR) is 130 cm³/mol. The van der Waals surface area contributed by atoms with Crippen LogP contribution in [-0.2, 0) is 21.8 Å². The van der Waals surface area contributed by atoms with Gasteiger partial charge in [-0.1, -0.05) is 46.7 Å². The monoisotopic (exact) mass is 492 g/mol. The van der Waals surface area contributed by atoms with E-state index < -0.39 is 5.97 Å². The molecule has 5 rings (SSSR count). The summed E-state index contributed by atoms with van der Waals surface area (Å²) in [6, 6.07) is 12.6. The summed E-state index contributed by atoms with van der Waals surface area (Å²) in [6.45, 7) is 3.11. The third-order valence-corrected chi connectivity index (χ3v) is 6.82. The zero-order chi connectivity index (χ0) is 24.4. The van der Waals surface area contributed by atoms with Crippen LogP contribution in [0.4, 0.5) is 0 Å². The zero-order valence-corrected chi connectivity index (χ0v) is 20.2. The van der Waals surface area contributed by atoms with Gasteiger partial charge in [-0.3, -0.25) is 9.36 Å². The number of aromatic nitrogens is 4. The van der Waals surface area contributed by atoms with Crippen molar-refractivity contribution in [3.63, 3.8) is 0 Å².